The van der Waals surface area contributed by atoms with Gasteiger partial charge in [0.05, 0.1) is 4.92 Å². The van der Waals surface area contributed by atoms with Crippen molar-refractivity contribution in [2.75, 3.05) is 26.8 Å². The Morgan fingerprint density at radius 1 is 1.48 bits per heavy atom. The first-order valence-corrected chi connectivity index (χ1v) is 6.79. The minimum absolute atomic E-state index is 0.243. The highest BCUT2D eigenvalue weighted by Gasteiger charge is 2.21. The van der Waals surface area contributed by atoms with Gasteiger partial charge in [-0.15, -0.1) is 0 Å². The van der Waals surface area contributed by atoms with Crippen molar-refractivity contribution >= 4 is 11.6 Å². The predicted molar refractivity (Wildman–Crippen MR) is 75.3 cm³/mol. The highest BCUT2D eigenvalue weighted by atomic mass is 16.6. The molecule has 7 heteroatoms. The minimum atomic E-state index is -0.685. The van der Waals surface area contributed by atoms with E-state index in [-0.39, 0.29) is 11.5 Å². The van der Waals surface area contributed by atoms with Gasteiger partial charge in [0.15, 0.2) is 5.75 Å². The summed E-state index contributed by atoms with van der Waals surface area (Å²) in [6, 6.07) is 3.65. The summed E-state index contributed by atoms with van der Waals surface area (Å²) in [4.78, 5) is 23.8. The molecular weight excluding hydrogens is 276 g/mol. The van der Waals surface area contributed by atoms with E-state index in [1.54, 1.807) is 11.9 Å². The zero-order valence-electron chi connectivity index (χ0n) is 11.8. The molecule has 7 nitrogen and oxygen atoms in total. The Morgan fingerprint density at radius 2 is 2.14 bits per heavy atom. The van der Waals surface area contributed by atoms with E-state index in [9.17, 15) is 20.0 Å². The van der Waals surface area contributed by atoms with Gasteiger partial charge in [0, 0.05) is 38.4 Å². The third kappa shape index (κ3) is 3.69. The Balaban J connectivity index is 2.04. The summed E-state index contributed by atoms with van der Waals surface area (Å²) in [7, 11) is 1.69. The smallest absolute Gasteiger partial charge is 0.310 e. The van der Waals surface area contributed by atoms with Gasteiger partial charge in [-0.2, -0.15) is 0 Å². The number of rotatable bonds is 4. The summed E-state index contributed by atoms with van der Waals surface area (Å²) < 4.78 is 5.28. The van der Waals surface area contributed by atoms with Crippen molar-refractivity contribution in [3.05, 3.63) is 33.9 Å². The maximum absolute atomic E-state index is 12.3. The van der Waals surface area contributed by atoms with Crippen molar-refractivity contribution in [1.82, 2.24) is 4.90 Å². The molecule has 1 aliphatic heterocycles. The lowest BCUT2D eigenvalue weighted by atomic mass is 9.99. The summed E-state index contributed by atoms with van der Waals surface area (Å²) in [6.07, 6.45) is 1.84. The molecule has 0 bridgehead atoms. The molecule has 1 aromatic carbocycles. The van der Waals surface area contributed by atoms with Crippen LogP contribution in [0.3, 0.4) is 0 Å². The van der Waals surface area contributed by atoms with Gasteiger partial charge >= 0.3 is 5.69 Å². The first-order valence-electron chi connectivity index (χ1n) is 6.79. The van der Waals surface area contributed by atoms with E-state index < -0.39 is 16.4 Å². The quantitative estimate of drug-likeness (QED) is 0.675. The fraction of sp³-hybridized carbons (Fsp3) is 0.500. The van der Waals surface area contributed by atoms with Crippen LogP contribution in [-0.4, -0.2) is 47.6 Å². The third-order valence-corrected chi connectivity index (χ3v) is 3.64. The van der Waals surface area contributed by atoms with Crippen LogP contribution >= 0.6 is 0 Å². The van der Waals surface area contributed by atoms with Gasteiger partial charge in [-0.25, -0.2) is 0 Å². The van der Waals surface area contributed by atoms with E-state index in [0.717, 1.165) is 25.0 Å². The van der Waals surface area contributed by atoms with Crippen molar-refractivity contribution < 1.29 is 19.6 Å². The number of ether oxygens (including phenoxy) is 1. The molecule has 0 atom stereocenters. The van der Waals surface area contributed by atoms with Gasteiger partial charge in [-0.3, -0.25) is 14.9 Å². The van der Waals surface area contributed by atoms with E-state index >= 15 is 0 Å². The molecule has 1 heterocycles. The van der Waals surface area contributed by atoms with Crippen LogP contribution in [0.25, 0.3) is 0 Å². The minimum Gasteiger partial charge on any atom is -0.502 e. The summed E-state index contributed by atoms with van der Waals surface area (Å²) in [5, 5.41) is 20.2. The van der Waals surface area contributed by atoms with Crippen molar-refractivity contribution in [3.63, 3.8) is 0 Å². The number of benzene rings is 1. The average molecular weight is 294 g/mol. The summed E-state index contributed by atoms with van der Waals surface area (Å²) in [5.74, 6) is -0.351. The number of hydrogen-bond acceptors (Lipinski definition) is 5. The van der Waals surface area contributed by atoms with E-state index in [1.807, 2.05) is 0 Å². The highest BCUT2D eigenvalue weighted by molar-refractivity contribution is 5.94. The van der Waals surface area contributed by atoms with Crippen LogP contribution in [0.4, 0.5) is 5.69 Å². The summed E-state index contributed by atoms with van der Waals surface area (Å²) in [6.45, 7) is 2.04. The van der Waals surface area contributed by atoms with Crippen molar-refractivity contribution in [2.24, 2.45) is 5.92 Å². The third-order valence-electron chi connectivity index (χ3n) is 3.64. The lowest BCUT2D eigenvalue weighted by Gasteiger charge is -2.27. The Hall–Kier alpha value is -2.15. The van der Waals surface area contributed by atoms with Gasteiger partial charge < -0.3 is 14.7 Å². The SMILES string of the molecule is CN(CC1CCOCC1)C(=O)c1ccc([N+](=O)[O-])c(O)c1. The number of carbonyl (C=O) groups is 1. The van der Waals surface area contributed by atoms with Crippen molar-refractivity contribution in [1.29, 1.82) is 0 Å². The van der Waals surface area contributed by atoms with Gasteiger partial charge in [0.1, 0.15) is 0 Å². The number of nitro groups is 1. The molecule has 1 saturated heterocycles. The van der Waals surface area contributed by atoms with Gasteiger partial charge in [0.2, 0.25) is 0 Å². The molecule has 2 rings (SSSR count). The first-order chi connectivity index (χ1) is 9.99. The molecule has 0 radical (unpaired) electrons. The summed E-state index contributed by atoms with van der Waals surface area (Å²) in [5.41, 5.74) is -0.161. The molecule has 1 N–H and O–H groups in total. The van der Waals surface area contributed by atoms with Crippen molar-refractivity contribution in [2.45, 2.75) is 12.8 Å². The summed E-state index contributed by atoms with van der Waals surface area (Å²) >= 11 is 0. The first kappa shape index (κ1) is 15.2. The Morgan fingerprint density at radius 3 is 2.71 bits per heavy atom. The second-order valence-corrected chi connectivity index (χ2v) is 5.20. The number of nitro benzene ring substituents is 1. The highest BCUT2D eigenvalue weighted by Crippen LogP contribution is 2.27. The topological polar surface area (TPSA) is 92.9 Å². The lowest BCUT2D eigenvalue weighted by Crippen LogP contribution is -2.34. The molecule has 1 amide bonds. The standard InChI is InChI=1S/C14H18N2O5/c1-15(9-10-4-6-21-7-5-10)14(18)11-2-3-12(16(19)20)13(17)8-11/h2-3,8,10,17H,4-7,9H2,1H3. The number of aromatic hydroxyl groups is 1. The molecule has 21 heavy (non-hydrogen) atoms. The second-order valence-electron chi connectivity index (χ2n) is 5.20. The molecule has 0 saturated carbocycles. The van der Waals surface area contributed by atoms with Crippen LogP contribution < -0.4 is 0 Å². The van der Waals surface area contributed by atoms with Crippen LogP contribution in [0.1, 0.15) is 23.2 Å². The number of carbonyl (C=O) groups excluding carboxylic acids is 1. The van der Waals surface area contributed by atoms with Crippen LogP contribution in [0, 0.1) is 16.0 Å². The largest absolute Gasteiger partial charge is 0.502 e. The fourth-order valence-corrected chi connectivity index (χ4v) is 2.43. The molecule has 1 aliphatic rings. The van der Waals surface area contributed by atoms with E-state index in [0.29, 0.717) is 25.7 Å². The molecular formula is C14H18N2O5. The fourth-order valence-electron chi connectivity index (χ4n) is 2.43. The molecule has 1 aromatic rings. The van der Waals surface area contributed by atoms with E-state index in [2.05, 4.69) is 0 Å². The zero-order chi connectivity index (χ0) is 15.4. The zero-order valence-corrected chi connectivity index (χ0v) is 11.8. The van der Waals surface area contributed by atoms with Gasteiger partial charge in [0.25, 0.3) is 5.91 Å². The average Bonchev–Trinajstić information content (AvgIpc) is 2.47. The van der Waals surface area contributed by atoms with Crippen molar-refractivity contribution in [3.8, 4) is 5.75 Å². The van der Waals surface area contributed by atoms with Crippen LogP contribution in [-0.2, 0) is 4.74 Å². The second kappa shape index (κ2) is 6.53. The molecule has 0 spiro atoms. The molecule has 0 unspecified atom stereocenters. The number of nitrogens with zero attached hydrogens (tertiary/aromatic N) is 2. The Kier molecular flexibility index (Phi) is 4.74. The monoisotopic (exact) mass is 294 g/mol. The van der Waals surface area contributed by atoms with Crippen LogP contribution in [0.15, 0.2) is 18.2 Å². The molecule has 0 aliphatic carbocycles. The van der Waals surface area contributed by atoms with Crippen LogP contribution in [0.2, 0.25) is 0 Å². The molecule has 1 fully saturated rings. The predicted octanol–water partition coefficient (Wildman–Crippen LogP) is 1.80. The van der Waals surface area contributed by atoms with Crippen LogP contribution in [0.5, 0.6) is 5.75 Å². The number of phenolic OH excluding ortho intramolecular Hbond substituents is 1. The van der Waals surface area contributed by atoms with Gasteiger partial charge in [-0.05, 0) is 30.9 Å². The van der Waals surface area contributed by atoms with Gasteiger partial charge in [-0.1, -0.05) is 0 Å². The number of phenols is 1. The normalized spacial score (nSPS) is 15.7. The Bertz CT molecular complexity index is 540. The van der Waals surface area contributed by atoms with E-state index in [4.69, 9.17) is 4.74 Å². The maximum Gasteiger partial charge on any atom is 0.310 e. The number of amides is 1. The molecule has 0 aromatic heterocycles. The molecule has 114 valence electrons. The maximum atomic E-state index is 12.3. The van der Waals surface area contributed by atoms with E-state index in [1.165, 1.54) is 6.07 Å². The Labute approximate surface area is 122 Å². The lowest BCUT2D eigenvalue weighted by molar-refractivity contribution is -0.385. The number of hydrogen-bond donors (Lipinski definition) is 1.